The molecule has 2 aliphatic rings. The van der Waals surface area contributed by atoms with Gasteiger partial charge in [-0.15, -0.1) is 0 Å². The van der Waals surface area contributed by atoms with E-state index in [2.05, 4.69) is 4.98 Å². The molecule has 108 valence electrons. The zero-order valence-electron chi connectivity index (χ0n) is 10.7. The van der Waals surface area contributed by atoms with Gasteiger partial charge in [-0.1, -0.05) is 6.07 Å². The van der Waals surface area contributed by atoms with E-state index < -0.39 is 24.8 Å². The molecular formula is C13H15NO6. The third-order valence-corrected chi connectivity index (χ3v) is 3.34. The summed E-state index contributed by atoms with van der Waals surface area (Å²) >= 11 is 0. The molecule has 4 atom stereocenters. The number of hydrogen-bond donors (Lipinski definition) is 1. The minimum atomic E-state index is -1.07. The lowest BCUT2D eigenvalue weighted by atomic mass is 9.96. The first kappa shape index (κ1) is 13.3. The number of ether oxygens (including phenoxy) is 4. The van der Waals surface area contributed by atoms with Crippen molar-refractivity contribution in [2.45, 2.75) is 31.5 Å². The highest BCUT2D eigenvalue weighted by molar-refractivity contribution is 5.63. The molecule has 1 aromatic heterocycles. The van der Waals surface area contributed by atoms with Crippen LogP contribution in [0.5, 0.6) is 5.88 Å². The van der Waals surface area contributed by atoms with Gasteiger partial charge in [0.2, 0.25) is 12.2 Å². The molecule has 3 heterocycles. The van der Waals surface area contributed by atoms with E-state index in [9.17, 15) is 9.90 Å². The molecule has 7 heteroatoms. The van der Waals surface area contributed by atoms with E-state index in [1.54, 1.807) is 12.1 Å². The number of rotatable bonds is 2. The summed E-state index contributed by atoms with van der Waals surface area (Å²) in [7, 11) is 0. The Morgan fingerprint density at radius 3 is 3.10 bits per heavy atom. The molecule has 0 saturated carbocycles. The molecule has 0 amide bonds. The highest BCUT2D eigenvalue weighted by Gasteiger charge is 2.47. The SMILES string of the molecule is O=C(Oc1ccccn1)OC1OC2OCCCC2C1O. The second-order valence-corrected chi connectivity index (χ2v) is 4.68. The Hall–Kier alpha value is -1.70. The highest BCUT2D eigenvalue weighted by Crippen LogP contribution is 2.35. The first-order chi connectivity index (χ1) is 9.74. The summed E-state index contributed by atoms with van der Waals surface area (Å²) < 4.78 is 20.6. The number of hydrogen-bond acceptors (Lipinski definition) is 7. The molecule has 1 N–H and O–H groups in total. The maximum Gasteiger partial charge on any atom is 0.517 e. The fraction of sp³-hybridized carbons (Fsp3) is 0.538. The molecule has 2 saturated heterocycles. The molecule has 20 heavy (non-hydrogen) atoms. The highest BCUT2D eigenvalue weighted by atomic mass is 16.8. The molecule has 0 spiro atoms. The average molecular weight is 281 g/mol. The van der Waals surface area contributed by atoms with Gasteiger partial charge >= 0.3 is 6.16 Å². The van der Waals surface area contributed by atoms with Crippen LogP contribution in [0.2, 0.25) is 0 Å². The molecule has 0 aliphatic carbocycles. The zero-order chi connectivity index (χ0) is 13.9. The van der Waals surface area contributed by atoms with E-state index in [4.69, 9.17) is 18.9 Å². The maximum atomic E-state index is 11.6. The lowest BCUT2D eigenvalue weighted by molar-refractivity contribution is -0.210. The van der Waals surface area contributed by atoms with E-state index in [0.29, 0.717) is 6.61 Å². The molecule has 0 radical (unpaired) electrons. The van der Waals surface area contributed by atoms with Gasteiger partial charge in [0.15, 0.2) is 6.29 Å². The van der Waals surface area contributed by atoms with Crippen molar-refractivity contribution in [3.05, 3.63) is 24.4 Å². The number of pyridine rings is 1. The van der Waals surface area contributed by atoms with Crippen molar-refractivity contribution in [2.24, 2.45) is 5.92 Å². The van der Waals surface area contributed by atoms with Gasteiger partial charge in [-0.25, -0.2) is 9.78 Å². The molecule has 7 nitrogen and oxygen atoms in total. The van der Waals surface area contributed by atoms with Crippen LogP contribution < -0.4 is 4.74 Å². The molecule has 4 unspecified atom stereocenters. The third-order valence-electron chi connectivity index (χ3n) is 3.34. The van der Waals surface area contributed by atoms with Gasteiger partial charge in [0.25, 0.3) is 0 Å². The van der Waals surface area contributed by atoms with Crippen molar-refractivity contribution < 1.29 is 28.8 Å². The van der Waals surface area contributed by atoms with Crippen molar-refractivity contribution in [3.63, 3.8) is 0 Å². The minimum absolute atomic E-state index is 0.124. The van der Waals surface area contributed by atoms with Crippen molar-refractivity contribution in [1.29, 1.82) is 0 Å². The largest absolute Gasteiger partial charge is 0.517 e. The smallest absolute Gasteiger partial charge is 0.401 e. The second kappa shape index (κ2) is 5.74. The third kappa shape index (κ3) is 2.74. The van der Waals surface area contributed by atoms with E-state index in [1.165, 1.54) is 12.3 Å². The number of aliphatic hydroxyl groups is 1. The predicted molar refractivity (Wildman–Crippen MR) is 64.7 cm³/mol. The van der Waals surface area contributed by atoms with Crippen LogP contribution in [-0.2, 0) is 14.2 Å². The van der Waals surface area contributed by atoms with Crippen LogP contribution >= 0.6 is 0 Å². The van der Waals surface area contributed by atoms with Crippen LogP contribution in [0.4, 0.5) is 4.79 Å². The quantitative estimate of drug-likeness (QED) is 0.811. The van der Waals surface area contributed by atoms with E-state index >= 15 is 0 Å². The van der Waals surface area contributed by atoms with Crippen LogP contribution in [0.1, 0.15) is 12.8 Å². The lowest BCUT2D eigenvalue weighted by Crippen LogP contribution is -2.33. The summed E-state index contributed by atoms with van der Waals surface area (Å²) in [5.41, 5.74) is 0. The van der Waals surface area contributed by atoms with Gasteiger partial charge in [-0.3, -0.25) is 0 Å². The number of fused-ring (bicyclic) bond motifs is 1. The van der Waals surface area contributed by atoms with Crippen molar-refractivity contribution in [1.82, 2.24) is 4.98 Å². The lowest BCUT2D eigenvalue weighted by Gasteiger charge is -2.24. The Bertz CT molecular complexity index is 467. The number of aromatic nitrogens is 1. The second-order valence-electron chi connectivity index (χ2n) is 4.68. The summed E-state index contributed by atoms with van der Waals surface area (Å²) in [4.78, 5) is 15.4. The molecular weight excluding hydrogens is 266 g/mol. The normalized spacial score (nSPS) is 32.5. The zero-order valence-corrected chi connectivity index (χ0v) is 10.7. The average Bonchev–Trinajstić information content (AvgIpc) is 2.77. The van der Waals surface area contributed by atoms with Gasteiger partial charge in [0.1, 0.15) is 6.10 Å². The van der Waals surface area contributed by atoms with E-state index in [1.807, 2.05) is 0 Å². The molecule has 1 aromatic rings. The number of aliphatic hydroxyl groups excluding tert-OH is 1. The van der Waals surface area contributed by atoms with Crippen LogP contribution in [0.3, 0.4) is 0 Å². The topological polar surface area (TPSA) is 87.1 Å². The van der Waals surface area contributed by atoms with Gasteiger partial charge in [-0.2, -0.15) is 0 Å². The van der Waals surface area contributed by atoms with Gasteiger partial charge in [0, 0.05) is 24.8 Å². The summed E-state index contributed by atoms with van der Waals surface area (Å²) in [6.45, 7) is 0.582. The van der Waals surface area contributed by atoms with Crippen LogP contribution in [0.25, 0.3) is 0 Å². The summed E-state index contributed by atoms with van der Waals surface area (Å²) in [5, 5.41) is 10.0. The first-order valence-corrected chi connectivity index (χ1v) is 6.48. The van der Waals surface area contributed by atoms with E-state index in [-0.39, 0.29) is 11.8 Å². The van der Waals surface area contributed by atoms with Crippen molar-refractivity contribution in [3.8, 4) is 5.88 Å². The Labute approximate surface area is 115 Å². The fourth-order valence-electron chi connectivity index (χ4n) is 2.37. The Kier molecular flexibility index (Phi) is 3.81. The summed E-state index contributed by atoms with van der Waals surface area (Å²) in [6, 6.07) is 4.90. The summed E-state index contributed by atoms with van der Waals surface area (Å²) in [5.74, 6) is -0.0462. The van der Waals surface area contributed by atoms with Crippen LogP contribution in [-0.4, -0.2) is 41.5 Å². The standard InChI is InChI=1S/C13H15NO6/c15-10-8-4-3-7-17-11(8)19-12(10)20-13(16)18-9-5-1-2-6-14-9/h1-2,5-6,8,10-12,15H,3-4,7H2. The van der Waals surface area contributed by atoms with Crippen LogP contribution in [0, 0.1) is 5.92 Å². The Balaban J connectivity index is 1.56. The van der Waals surface area contributed by atoms with Crippen molar-refractivity contribution >= 4 is 6.16 Å². The molecule has 0 aromatic carbocycles. The molecule has 0 bridgehead atoms. The van der Waals surface area contributed by atoms with Gasteiger partial charge in [-0.05, 0) is 18.9 Å². The number of nitrogens with zero attached hydrogens (tertiary/aromatic N) is 1. The van der Waals surface area contributed by atoms with E-state index in [0.717, 1.165) is 12.8 Å². The van der Waals surface area contributed by atoms with Gasteiger partial charge in [0.05, 0.1) is 0 Å². The molecule has 2 aliphatic heterocycles. The molecule has 3 rings (SSSR count). The minimum Gasteiger partial charge on any atom is -0.401 e. The van der Waals surface area contributed by atoms with Crippen molar-refractivity contribution in [2.75, 3.05) is 6.61 Å². The first-order valence-electron chi connectivity index (χ1n) is 6.48. The summed E-state index contributed by atoms with van der Waals surface area (Å²) in [6.07, 6.45) is -0.340. The Morgan fingerprint density at radius 1 is 1.45 bits per heavy atom. The number of carbonyl (C=O) groups excluding carboxylic acids is 1. The Morgan fingerprint density at radius 2 is 2.35 bits per heavy atom. The monoisotopic (exact) mass is 281 g/mol. The predicted octanol–water partition coefficient (Wildman–Crippen LogP) is 1.07. The molecule has 2 fully saturated rings. The fourth-order valence-corrected chi connectivity index (χ4v) is 2.37. The number of carbonyl (C=O) groups is 1. The van der Waals surface area contributed by atoms with Crippen LogP contribution in [0.15, 0.2) is 24.4 Å². The maximum absolute atomic E-state index is 11.6. The van der Waals surface area contributed by atoms with Gasteiger partial charge < -0.3 is 24.1 Å².